The number of allylic oxidation sites excluding steroid dienone is 2. The highest BCUT2D eigenvalue weighted by Gasteiger charge is 1.87. The Kier molecular flexibility index (Phi) is 11.5. The Morgan fingerprint density at radius 2 is 1.38 bits per heavy atom. The summed E-state index contributed by atoms with van der Waals surface area (Å²) in [5, 5.41) is 0. The molecule has 0 aliphatic carbocycles. The first-order valence-electron chi connectivity index (χ1n) is 5.84. The second-order valence-corrected chi connectivity index (χ2v) is 3.66. The van der Waals surface area contributed by atoms with E-state index >= 15 is 0 Å². The predicted octanol–water partition coefficient (Wildman–Crippen LogP) is 4.91. The fraction of sp³-hybridized carbons (Fsp3) is 0.769. The van der Waals surface area contributed by atoms with Gasteiger partial charge in [0.25, 0.3) is 0 Å². The van der Waals surface area contributed by atoms with E-state index in [1.54, 1.807) is 0 Å². The second kappa shape index (κ2) is 11.7. The van der Waals surface area contributed by atoms with Crippen molar-refractivity contribution in [1.82, 2.24) is 0 Å². The van der Waals surface area contributed by atoms with Gasteiger partial charge >= 0.3 is 0 Å². The lowest BCUT2D eigenvalue weighted by atomic mass is 10.1. The van der Waals surface area contributed by atoms with Crippen LogP contribution in [0.1, 0.15) is 65.2 Å². The zero-order valence-corrected chi connectivity index (χ0v) is 9.39. The highest BCUT2D eigenvalue weighted by Crippen LogP contribution is 2.07. The van der Waals surface area contributed by atoms with Crippen molar-refractivity contribution in [2.45, 2.75) is 65.2 Å². The molecule has 13 heavy (non-hydrogen) atoms. The van der Waals surface area contributed by atoms with Crippen LogP contribution in [0.25, 0.3) is 0 Å². The lowest BCUT2D eigenvalue weighted by molar-refractivity contribution is 0.642. The van der Waals surface area contributed by atoms with E-state index in [0.29, 0.717) is 0 Å². The van der Waals surface area contributed by atoms with Gasteiger partial charge in [0.1, 0.15) is 0 Å². The molecular weight excluding hydrogens is 156 g/mol. The monoisotopic (exact) mass is 181 g/mol. The first-order valence-corrected chi connectivity index (χ1v) is 5.84. The van der Waals surface area contributed by atoms with Crippen molar-refractivity contribution in [2.75, 3.05) is 0 Å². The third-order valence-corrected chi connectivity index (χ3v) is 2.24. The third-order valence-electron chi connectivity index (χ3n) is 2.24. The van der Waals surface area contributed by atoms with Gasteiger partial charge in [-0.05, 0) is 25.7 Å². The van der Waals surface area contributed by atoms with Gasteiger partial charge in [0.05, 0.1) is 0 Å². The SMILES string of the molecule is C[CH]CCCCCC/C=C/CCC. The van der Waals surface area contributed by atoms with E-state index in [2.05, 4.69) is 32.4 Å². The normalized spacial score (nSPS) is 11.2. The number of hydrogen-bond donors (Lipinski definition) is 0. The van der Waals surface area contributed by atoms with Crippen LogP contribution in [-0.4, -0.2) is 0 Å². The Labute approximate surface area is 84.4 Å². The van der Waals surface area contributed by atoms with Crippen LogP contribution in [0, 0.1) is 6.42 Å². The van der Waals surface area contributed by atoms with Crippen molar-refractivity contribution >= 4 is 0 Å². The Balaban J connectivity index is 2.91. The molecule has 0 rings (SSSR count). The first kappa shape index (κ1) is 12.7. The zero-order valence-electron chi connectivity index (χ0n) is 9.39. The molecular formula is C13H25. The molecule has 0 saturated carbocycles. The van der Waals surface area contributed by atoms with Gasteiger partial charge in [-0.15, -0.1) is 0 Å². The van der Waals surface area contributed by atoms with E-state index in [0.717, 1.165) is 0 Å². The van der Waals surface area contributed by atoms with Crippen molar-refractivity contribution in [1.29, 1.82) is 0 Å². The fourth-order valence-corrected chi connectivity index (χ4v) is 1.37. The summed E-state index contributed by atoms with van der Waals surface area (Å²) in [5.41, 5.74) is 0. The van der Waals surface area contributed by atoms with E-state index in [1.807, 2.05) is 0 Å². The van der Waals surface area contributed by atoms with Crippen LogP contribution in [0.5, 0.6) is 0 Å². The van der Waals surface area contributed by atoms with E-state index < -0.39 is 0 Å². The molecule has 0 atom stereocenters. The lowest BCUT2D eigenvalue weighted by Gasteiger charge is -1.97. The van der Waals surface area contributed by atoms with Gasteiger partial charge in [0.15, 0.2) is 0 Å². The molecule has 1 radical (unpaired) electrons. The van der Waals surface area contributed by atoms with Gasteiger partial charge in [-0.2, -0.15) is 0 Å². The molecule has 0 saturated heterocycles. The number of unbranched alkanes of at least 4 members (excludes halogenated alkanes) is 7. The summed E-state index contributed by atoms with van der Waals surface area (Å²) < 4.78 is 0. The zero-order chi connectivity index (χ0) is 9.78. The third kappa shape index (κ3) is 11.7. The van der Waals surface area contributed by atoms with Gasteiger partial charge < -0.3 is 0 Å². The van der Waals surface area contributed by atoms with E-state index in [4.69, 9.17) is 0 Å². The van der Waals surface area contributed by atoms with Crippen molar-refractivity contribution in [3.05, 3.63) is 18.6 Å². The quantitative estimate of drug-likeness (QED) is 0.350. The number of rotatable bonds is 9. The average Bonchev–Trinajstić information content (AvgIpc) is 2.16. The van der Waals surface area contributed by atoms with Crippen LogP contribution < -0.4 is 0 Å². The minimum atomic E-state index is 1.25. The van der Waals surface area contributed by atoms with Crippen LogP contribution in [0.15, 0.2) is 12.2 Å². The highest BCUT2D eigenvalue weighted by molar-refractivity contribution is 4.80. The maximum Gasteiger partial charge on any atom is -0.0351 e. The molecule has 0 aliphatic rings. The smallest absolute Gasteiger partial charge is 0.0351 e. The minimum Gasteiger partial charge on any atom is -0.0885 e. The summed E-state index contributed by atoms with van der Waals surface area (Å²) in [6, 6.07) is 0. The summed E-state index contributed by atoms with van der Waals surface area (Å²) in [7, 11) is 0. The molecule has 0 aromatic carbocycles. The van der Waals surface area contributed by atoms with Crippen molar-refractivity contribution in [3.63, 3.8) is 0 Å². The molecule has 0 amide bonds. The van der Waals surface area contributed by atoms with Crippen LogP contribution in [0.4, 0.5) is 0 Å². The van der Waals surface area contributed by atoms with Gasteiger partial charge in [0.2, 0.25) is 0 Å². The minimum absolute atomic E-state index is 1.25. The molecule has 0 N–H and O–H groups in total. The summed E-state index contributed by atoms with van der Waals surface area (Å²) in [4.78, 5) is 0. The molecule has 0 unspecified atom stereocenters. The Morgan fingerprint density at radius 3 is 2.00 bits per heavy atom. The van der Waals surface area contributed by atoms with Crippen molar-refractivity contribution in [2.24, 2.45) is 0 Å². The van der Waals surface area contributed by atoms with Crippen LogP contribution in [-0.2, 0) is 0 Å². The van der Waals surface area contributed by atoms with E-state index in [1.165, 1.54) is 51.4 Å². The molecule has 0 nitrogen and oxygen atoms in total. The summed E-state index contributed by atoms with van der Waals surface area (Å²) in [6.07, 6.45) is 17.6. The average molecular weight is 181 g/mol. The standard InChI is InChI=1S/C13H25/c1-3-5-7-9-11-13-12-10-8-6-4-2/h3,8,10H,4-7,9,11-13H2,1-2H3/b10-8+. The Morgan fingerprint density at radius 1 is 0.769 bits per heavy atom. The summed E-state index contributed by atoms with van der Waals surface area (Å²) in [6.45, 7) is 4.37. The molecule has 0 heteroatoms. The largest absolute Gasteiger partial charge is 0.0885 e. The molecule has 0 heterocycles. The first-order chi connectivity index (χ1) is 6.41. The van der Waals surface area contributed by atoms with E-state index in [-0.39, 0.29) is 0 Å². The summed E-state index contributed by atoms with van der Waals surface area (Å²) >= 11 is 0. The summed E-state index contributed by atoms with van der Waals surface area (Å²) in [5.74, 6) is 0. The van der Waals surface area contributed by atoms with Crippen LogP contribution >= 0.6 is 0 Å². The maximum atomic E-state index is 2.34. The van der Waals surface area contributed by atoms with E-state index in [9.17, 15) is 0 Å². The highest BCUT2D eigenvalue weighted by atomic mass is 13.9. The molecule has 77 valence electrons. The van der Waals surface area contributed by atoms with Gasteiger partial charge in [0, 0.05) is 0 Å². The van der Waals surface area contributed by atoms with Crippen LogP contribution in [0.2, 0.25) is 0 Å². The second-order valence-electron chi connectivity index (χ2n) is 3.66. The van der Waals surface area contributed by atoms with Crippen molar-refractivity contribution < 1.29 is 0 Å². The Hall–Kier alpha value is -0.260. The molecule has 0 aromatic rings. The fourth-order valence-electron chi connectivity index (χ4n) is 1.37. The van der Waals surface area contributed by atoms with Gasteiger partial charge in [-0.25, -0.2) is 0 Å². The lowest BCUT2D eigenvalue weighted by Crippen LogP contribution is -1.77. The molecule has 0 spiro atoms. The van der Waals surface area contributed by atoms with Gasteiger partial charge in [-0.1, -0.05) is 58.1 Å². The Bertz CT molecular complexity index is 103. The topological polar surface area (TPSA) is 0 Å². The number of hydrogen-bond acceptors (Lipinski definition) is 0. The molecule has 0 aliphatic heterocycles. The molecule has 0 fully saturated rings. The van der Waals surface area contributed by atoms with Crippen molar-refractivity contribution in [3.8, 4) is 0 Å². The molecule has 0 aromatic heterocycles. The predicted molar refractivity (Wildman–Crippen MR) is 61.7 cm³/mol. The van der Waals surface area contributed by atoms with Gasteiger partial charge in [-0.3, -0.25) is 0 Å². The molecule has 0 bridgehead atoms. The van der Waals surface area contributed by atoms with Crippen LogP contribution in [0.3, 0.4) is 0 Å². The maximum absolute atomic E-state index is 2.34.